The van der Waals surface area contributed by atoms with Crippen LogP contribution in [0.25, 0.3) is 0 Å². The molecule has 0 aliphatic rings. The van der Waals surface area contributed by atoms with Gasteiger partial charge in [-0.1, -0.05) is 6.07 Å². The summed E-state index contributed by atoms with van der Waals surface area (Å²) in [5, 5.41) is 8.95. The van der Waals surface area contributed by atoms with Crippen molar-refractivity contribution in [3.63, 3.8) is 0 Å². The normalized spacial score (nSPS) is 9.50. The molecule has 0 atom stereocenters. The van der Waals surface area contributed by atoms with Gasteiger partial charge in [-0.25, -0.2) is 4.98 Å². The Morgan fingerprint density at radius 1 is 1.45 bits per heavy atom. The maximum absolute atomic E-state index is 10.7. The van der Waals surface area contributed by atoms with Gasteiger partial charge in [-0.2, -0.15) is 5.26 Å². The van der Waals surface area contributed by atoms with E-state index in [-0.39, 0.29) is 29.6 Å². The zero-order valence-electron chi connectivity index (χ0n) is 12.3. The molecule has 22 heavy (non-hydrogen) atoms. The number of esters is 1. The highest BCUT2D eigenvalue weighted by molar-refractivity contribution is 8.93. The van der Waals surface area contributed by atoms with Crippen LogP contribution in [0.4, 0.5) is 0 Å². The summed E-state index contributed by atoms with van der Waals surface area (Å²) < 4.78 is 10.1. The molecule has 0 aliphatic carbocycles. The molecule has 116 valence electrons. The first-order valence-electron chi connectivity index (χ1n) is 6.35. The molecular formula is C15H16BrN3O3. The molecule has 0 fully saturated rings. The lowest BCUT2D eigenvalue weighted by molar-refractivity contribution is -0.142. The van der Waals surface area contributed by atoms with Gasteiger partial charge < -0.3 is 14.5 Å². The molecule has 7 heteroatoms. The van der Waals surface area contributed by atoms with E-state index >= 15 is 0 Å². The van der Waals surface area contributed by atoms with Gasteiger partial charge in [-0.15, -0.1) is 17.0 Å². The van der Waals surface area contributed by atoms with Crippen molar-refractivity contribution in [2.75, 3.05) is 7.11 Å². The monoisotopic (exact) mass is 365 g/mol. The van der Waals surface area contributed by atoms with Crippen LogP contribution in [0.3, 0.4) is 0 Å². The fourth-order valence-corrected chi connectivity index (χ4v) is 1.88. The second-order valence-corrected chi connectivity index (χ2v) is 4.46. The van der Waals surface area contributed by atoms with Crippen LogP contribution < -0.4 is 4.74 Å². The smallest absolute Gasteiger partial charge is 0.303 e. The summed E-state index contributed by atoms with van der Waals surface area (Å²) >= 11 is 0. The Labute approximate surface area is 138 Å². The Balaban J connectivity index is 0.00000242. The standard InChI is InChI=1S/C15H15N3O3.BrH/c1-10(19)21-9-13-8-17-15(18-13)6-11-3-4-12(7-16)14(5-11)20-2;/h3-5,8H,6,9H2,1-2H3,(H,17,18);1H. The van der Waals surface area contributed by atoms with Crippen molar-refractivity contribution in [2.24, 2.45) is 0 Å². The fraction of sp³-hybridized carbons (Fsp3) is 0.267. The predicted molar refractivity (Wildman–Crippen MR) is 84.9 cm³/mol. The van der Waals surface area contributed by atoms with Crippen molar-refractivity contribution >= 4 is 23.0 Å². The number of aromatic nitrogens is 2. The van der Waals surface area contributed by atoms with E-state index in [1.54, 1.807) is 12.3 Å². The van der Waals surface area contributed by atoms with Gasteiger partial charge in [0.1, 0.15) is 24.3 Å². The summed E-state index contributed by atoms with van der Waals surface area (Å²) in [7, 11) is 1.53. The lowest BCUT2D eigenvalue weighted by Gasteiger charge is -2.05. The first kappa shape index (κ1) is 17.7. The van der Waals surface area contributed by atoms with E-state index in [4.69, 9.17) is 14.7 Å². The van der Waals surface area contributed by atoms with E-state index in [0.29, 0.717) is 17.7 Å². The minimum atomic E-state index is -0.331. The average Bonchev–Trinajstić information content (AvgIpc) is 2.92. The van der Waals surface area contributed by atoms with Gasteiger partial charge in [0, 0.05) is 13.3 Å². The maximum Gasteiger partial charge on any atom is 0.303 e. The number of imidazole rings is 1. The highest BCUT2D eigenvalue weighted by Gasteiger charge is 2.07. The molecule has 1 heterocycles. The molecule has 0 aliphatic heterocycles. The number of hydrogen-bond donors (Lipinski definition) is 1. The van der Waals surface area contributed by atoms with Crippen LogP contribution in [0, 0.1) is 11.3 Å². The Morgan fingerprint density at radius 2 is 2.23 bits per heavy atom. The number of nitriles is 1. The van der Waals surface area contributed by atoms with Crippen molar-refractivity contribution in [1.29, 1.82) is 5.26 Å². The number of halogens is 1. The minimum Gasteiger partial charge on any atom is -0.495 e. The minimum absolute atomic E-state index is 0. The maximum atomic E-state index is 10.7. The zero-order valence-corrected chi connectivity index (χ0v) is 14.0. The molecule has 1 N–H and O–H groups in total. The molecule has 0 saturated carbocycles. The Morgan fingerprint density at radius 3 is 2.86 bits per heavy atom. The number of carbonyl (C=O) groups is 1. The van der Waals surface area contributed by atoms with Crippen LogP contribution in [0.2, 0.25) is 0 Å². The third-order valence-corrected chi connectivity index (χ3v) is 2.87. The second kappa shape index (κ2) is 8.20. The lowest BCUT2D eigenvalue weighted by Crippen LogP contribution is -1.99. The highest BCUT2D eigenvalue weighted by atomic mass is 79.9. The van der Waals surface area contributed by atoms with Gasteiger partial charge >= 0.3 is 5.97 Å². The van der Waals surface area contributed by atoms with Gasteiger partial charge in [0.2, 0.25) is 0 Å². The van der Waals surface area contributed by atoms with Crippen LogP contribution in [0.1, 0.15) is 29.6 Å². The number of ether oxygens (including phenoxy) is 2. The summed E-state index contributed by atoms with van der Waals surface area (Å²) in [6.45, 7) is 1.54. The number of nitrogens with one attached hydrogen (secondary N) is 1. The van der Waals surface area contributed by atoms with Gasteiger partial charge in [-0.3, -0.25) is 4.79 Å². The average molecular weight is 366 g/mol. The summed E-state index contributed by atoms with van der Waals surface area (Å²) in [5.41, 5.74) is 2.20. The SMILES string of the molecule is Br.COc1cc(Cc2ncc(COC(C)=O)[nH]2)ccc1C#N. The van der Waals surface area contributed by atoms with Crippen molar-refractivity contribution in [2.45, 2.75) is 20.0 Å². The third-order valence-electron chi connectivity index (χ3n) is 2.87. The number of aromatic amines is 1. The number of H-pyrrole nitrogens is 1. The second-order valence-electron chi connectivity index (χ2n) is 4.46. The molecule has 0 radical (unpaired) electrons. The van der Waals surface area contributed by atoms with E-state index in [0.717, 1.165) is 17.1 Å². The molecule has 0 unspecified atom stereocenters. The molecule has 2 rings (SSSR count). The van der Waals surface area contributed by atoms with E-state index in [2.05, 4.69) is 16.0 Å². The predicted octanol–water partition coefficient (Wildman–Crippen LogP) is 2.52. The summed E-state index contributed by atoms with van der Waals surface area (Å²) in [5.74, 6) is 0.966. The number of benzene rings is 1. The lowest BCUT2D eigenvalue weighted by atomic mass is 10.1. The van der Waals surface area contributed by atoms with Crippen molar-refractivity contribution in [3.05, 3.63) is 47.0 Å². The number of methoxy groups -OCH3 is 1. The summed E-state index contributed by atoms with van der Waals surface area (Å²) in [6.07, 6.45) is 2.21. The third kappa shape index (κ3) is 4.60. The zero-order chi connectivity index (χ0) is 15.2. The molecule has 1 aromatic carbocycles. The quantitative estimate of drug-likeness (QED) is 0.822. The molecule has 0 amide bonds. The van der Waals surface area contributed by atoms with Gasteiger partial charge in [-0.05, 0) is 17.7 Å². The van der Waals surface area contributed by atoms with Crippen LogP contribution in [-0.2, 0) is 22.6 Å². The summed E-state index contributed by atoms with van der Waals surface area (Å²) in [4.78, 5) is 18.1. The van der Waals surface area contributed by atoms with Crippen LogP contribution in [0.15, 0.2) is 24.4 Å². The fourth-order valence-electron chi connectivity index (χ4n) is 1.88. The molecule has 2 aromatic rings. The number of rotatable bonds is 5. The van der Waals surface area contributed by atoms with Gasteiger partial charge in [0.25, 0.3) is 0 Å². The van der Waals surface area contributed by atoms with Gasteiger partial charge in [0.05, 0.1) is 24.6 Å². The molecule has 6 nitrogen and oxygen atoms in total. The van der Waals surface area contributed by atoms with E-state index in [1.807, 2.05) is 12.1 Å². The van der Waals surface area contributed by atoms with Crippen molar-refractivity contribution in [3.8, 4) is 11.8 Å². The molecule has 0 spiro atoms. The summed E-state index contributed by atoms with van der Waals surface area (Å²) in [6, 6.07) is 7.46. The topological polar surface area (TPSA) is 88.0 Å². The van der Waals surface area contributed by atoms with E-state index in [9.17, 15) is 4.79 Å². The Bertz CT molecular complexity index is 692. The number of carbonyl (C=O) groups excluding carboxylic acids is 1. The largest absolute Gasteiger partial charge is 0.495 e. The first-order valence-corrected chi connectivity index (χ1v) is 6.35. The Hall–Kier alpha value is -2.33. The van der Waals surface area contributed by atoms with Crippen LogP contribution in [0.5, 0.6) is 5.75 Å². The highest BCUT2D eigenvalue weighted by Crippen LogP contribution is 2.20. The number of nitrogens with zero attached hydrogens (tertiary/aromatic N) is 2. The van der Waals surface area contributed by atoms with Crippen molar-refractivity contribution < 1.29 is 14.3 Å². The van der Waals surface area contributed by atoms with Crippen LogP contribution >= 0.6 is 17.0 Å². The number of hydrogen-bond acceptors (Lipinski definition) is 5. The molecule has 0 bridgehead atoms. The molecular weight excluding hydrogens is 350 g/mol. The van der Waals surface area contributed by atoms with Crippen LogP contribution in [-0.4, -0.2) is 23.0 Å². The Kier molecular flexibility index (Phi) is 6.60. The van der Waals surface area contributed by atoms with E-state index in [1.165, 1.54) is 14.0 Å². The molecule has 0 saturated heterocycles. The first-order chi connectivity index (χ1) is 10.1. The van der Waals surface area contributed by atoms with Crippen molar-refractivity contribution in [1.82, 2.24) is 9.97 Å². The van der Waals surface area contributed by atoms with Gasteiger partial charge in [0.15, 0.2) is 0 Å². The molecule has 1 aromatic heterocycles. The van der Waals surface area contributed by atoms with E-state index < -0.39 is 0 Å².